The molecule has 1 aliphatic heterocycles. The third-order valence-electron chi connectivity index (χ3n) is 3.83. The van der Waals surface area contributed by atoms with Gasteiger partial charge in [0.25, 0.3) is 0 Å². The summed E-state index contributed by atoms with van der Waals surface area (Å²) in [6, 6.07) is 4.91. The average Bonchev–Trinajstić information content (AvgIpc) is 2.66. The molecule has 0 saturated heterocycles. The van der Waals surface area contributed by atoms with Crippen molar-refractivity contribution in [2.75, 3.05) is 0 Å². The minimum Gasteiger partial charge on any atom is -0.490 e. The molecule has 1 aromatic rings. The molecule has 18 heavy (non-hydrogen) atoms. The number of hydrogen-bond acceptors (Lipinski definition) is 2. The summed E-state index contributed by atoms with van der Waals surface area (Å²) < 4.78 is 19.0. The van der Waals surface area contributed by atoms with Gasteiger partial charge in [-0.15, -0.1) is 0 Å². The lowest BCUT2D eigenvalue weighted by atomic mass is 9.84. The van der Waals surface area contributed by atoms with E-state index in [2.05, 4.69) is 13.8 Å². The van der Waals surface area contributed by atoms with E-state index in [9.17, 15) is 4.39 Å². The lowest BCUT2D eigenvalue weighted by Crippen LogP contribution is -2.34. The molecular formula is C15H22FNO. The second-order valence-corrected chi connectivity index (χ2v) is 5.70. The van der Waals surface area contributed by atoms with Crippen LogP contribution in [0.1, 0.15) is 32.8 Å². The number of fused-ring (bicyclic) bond motifs is 1. The molecule has 1 aromatic carbocycles. The third kappa shape index (κ3) is 2.83. The first-order chi connectivity index (χ1) is 8.47. The van der Waals surface area contributed by atoms with Crippen molar-refractivity contribution < 1.29 is 9.13 Å². The molecule has 1 heterocycles. The Morgan fingerprint density at radius 2 is 2.11 bits per heavy atom. The molecule has 0 amide bonds. The summed E-state index contributed by atoms with van der Waals surface area (Å²) in [5.41, 5.74) is 7.01. The average molecular weight is 251 g/mol. The Hall–Kier alpha value is -1.09. The van der Waals surface area contributed by atoms with E-state index in [1.54, 1.807) is 12.1 Å². The topological polar surface area (TPSA) is 35.2 Å². The third-order valence-corrected chi connectivity index (χ3v) is 3.83. The molecule has 2 rings (SSSR count). The Balaban J connectivity index is 2.02. The smallest absolute Gasteiger partial charge is 0.123 e. The highest BCUT2D eigenvalue weighted by atomic mass is 19.1. The summed E-state index contributed by atoms with van der Waals surface area (Å²) in [5, 5.41) is 0. The van der Waals surface area contributed by atoms with Crippen molar-refractivity contribution in [2.45, 2.75) is 45.8 Å². The summed E-state index contributed by atoms with van der Waals surface area (Å²) in [4.78, 5) is 0. The van der Waals surface area contributed by atoms with Crippen molar-refractivity contribution in [3.8, 4) is 5.75 Å². The minimum absolute atomic E-state index is 0.139. The van der Waals surface area contributed by atoms with Gasteiger partial charge < -0.3 is 10.5 Å². The fourth-order valence-corrected chi connectivity index (χ4v) is 2.82. The van der Waals surface area contributed by atoms with E-state index in [-0.39, 0.29) is 18.0 Å². The minimum atomic E-state index is -0.189. The SMILES string of the molecule is CC(C)C(CC1Cc2cc(F)ccc2O1)C(C)N. The molecule has 0 bridgehead atoms. The van der Waals surface area contributed by atoms with Crippen LogP contribution in [0.4, 0.5) is 4.39 Å². The summed E-state index contributed by atoms with van der Waals surface area (Å²) >= 11 is 0. The molecule has 1 aliphatic rings. The molecule has 2 N–H and O–H groups in total. The Labute approximate surface area is 108 Å². The molecule has 100 valence electrons. The second kappa shape index (κ2) is 5.27. The molecule has 0 radical (unpaired) electrons. The lowest BCUT2D eigenvalue weighted by Gasteiger charge is -2.27. The molecule has 3 atom stereocenters. The van der Waals surface area contributed by atoms with Gasteiger partial charge in [0.15, 0.2) is 0 Å². The number of rotatable bonds is 4. The first-order valence-corrected chi connectivity index (χ1v) is 6.68. The van der Waals surface area contributed by atoms with Gasteiger partial charge in [0.05, 0.1) is 0 Å². The molecule has 3 heteroatoms. The highest BCUT2D eigenvalue weighted by Crippen LogP contribution is 2.33. The van der Waals surface area contributed by atoms with Crippen LogP contribution in [0.5, 0.6) is 5.75 Å². The zero-order valence-electron chi connectivity index (χ0n) is 11.3. The fourth-order valence-electron chi connectivity index (χ4n) is 2.82. The Morgan fingerprint density at radius 1 is 1.39 bits per heavy atom. The molecular weight excluding hydrogens is 229 g/mol. The predicted octanol–water partition coefficient (Wildman–Crippen LogP) is 3.14. The van der Waals surface area contributed by atoms with Crippen molar-refractivity contribution in [1.29, 1.82) is 0 Å². The maximum atomic E-state index is 13.1. The van der Waals surface area contributed by atoms with Crippen LogP contribution in [0.25, 0.3) is 0 Å². The van der Waals surface area contributed by atoms with Crippen molar-refractivity contribution in [3.63, 3.8) is 0 Å². The van der Waals surface area contributed by atoms with Crippen LogP contribution in [-0.4, -0.2) is 12.1 Å². The van der Waals surface area contributed by atoms with Gasteiger partial charge in [-0.25, -0.2) is 4.39 Å². The van der Waals surface area contributed by atoms with Gasteiger partial charge in [-0.05, 0) is 43.4 Å². The maximum Gasteiger partial charge on any atom is 0.123 e. The summed E-state index contributed by atoms with van der Waals surface area (Å²) in [6.07, 6.45) is 1.87. The van der Waals surface area contributed by atoms with Gasteiger partial charge in [-0.1, -0.05) is 13.8 Å². The first-order valence-electron chi connectivity index (χ1n) is 6.68. The van der Waals surface area contributed by atoms with Gasteiger partial charge in [0.1, 0.15) is 17.7 Å². The van der Waals surface area contributed by atoms with Gasteiger partial charge in [0.2, 0.25) is 0 Å². The fraction of sp³-hybridized carbons (Fsp3) is 0.600. The molecule has 0 fully saturated rings. The van der Waals surface area contributed by atoms with Gasteiger partial charge in [-0.3, -0.25) is 0 Å². The molecule has 3 unspecified atom stereocenters. The van der Waals surface area contributed by atoms with Crippen LogP contribution >= 0.6 is 0 Å². The van der Waals surface area contributed by atoms with Crippen molar-refractivity contribution in [3.05, 3.63) is 29.6 Å². The van der Waals surface area contributed by atoms with Crippen molar-refractivity contribution in [2.24, 2.45) is 17.6 Å². The van der Waals surface area contributed by atoms with Crippen LogP contribution in [0.3, 0.4) is 0 Å². The van der Waals surface area contributed by atoms with Crippen molar-refractivity contribution >= 4 is 0 Å². The summed E-state index contributed by atoms with van der Waals surface area (Å²) in [6.45, 7) is 6.43. The van der Waals surface area contributed by atoms with Crippen LogP contribution in [0.2, 0.25) is 0 Å². The monoisotopic (exact) mass is 251 g/mol. The number of ether oxygens (including phenoxy) is 1. The van der Waals surface area contributed by atoms with E-state index in [4.69, 9.17) is 10.5 Å². The number of halogens is 1. The normalized spacial score (nSPS) is 21.6. The van der Waals surface area contributed by atoms with E-state index in [0.717, 1.165) is 24.2 Å². The molecule has 0 aromatic heterocycles. The molecule has 0 spiro atoms. The maximum absolute atomic E-state index is 13.1. The van der Waals surface area contributed by atoms with E-state index in [0.29, 0.717) is 11.8 Å². The van der Waals surface area contributed by atoms with E-state index >= 15 is 0 Å². The van der Waals surface area contributed by atoms with E-state index in [1.807, 2.05) is 6.92 Å². The van der Waals surface area contributed by atoms with Crippen LogP contribution in [0, 0.1) is 17.7 Å². The first kappa shape index (κ1) is 13.3. The predicted molar refractivity (Wildman–Crippen MR) is 71.1 cm³/mol. The highest BCUT2D eigenvalue weighted by molar-refractivity contribution is 5.37. The van der Waals surface area contributed by atoms with Crippen LogP contribution < -0.4 is 10.5 Å². The molecule has 0 aliphatic carbocycles. The second-order valence-electron chi connectivity index (χ2n) is 5.70. The largest absolute Gasteiger partial charge is 0.490 e. The zero-order chi connectivity index (χ0) is 13.3. The van der Waals surface area contributed by atoms with Crippen LogP contribution in [-0.2, 0) is 6.42 Å². The van der Waals surface area contributed by atoms with E-state index < -0.39 is 0 Å². The van der Waals surface area contributed by atoms with Gasteiger partial charge >= 0.3 is 0 Å². The van der Waals surface area contributed by atoms with E-state index in [1.165, 1.54) is 6.07 Å². The van der Waals surface area contributed by atoms with Crippen LogP contribution in [0.15, 0.2) is 18.2 Å². The Kier molecular flexibility index (Phi) is 3.91. The Morgan fingerprint density at radius 3 is 2.72 bits per heavy atom. The lowest BCUT2D eigenvalue weighted by molar-refractivity contribution is 0.163. The zero-order valence-corrected chi connectivity index (χ0v) is 11.3. The quantitative estimate of drug-likeness (QED) is 0.892. The van der Waals surface area contributed by atoms with Gasteiger partial charge in [0, 0.05) is 18.0 Å². The van der Waals surface area contributed by atoms with Crippen molar-refractivity contribution in [1.82, 2.24) is 0 Å². The standard InChI is InChI=1S/C15H22FNO/c1-9(2)14(10(3)17)8-13-7-11-6-12(16)4-5-15(11)18-13/h4-6,9-10,13-14H,7-8,17H2,1-3H3. The van der Waals surface area contributed by atoms with Gasteiger partial charge in [-0.2, -0.15) is 0 Å². The number of hydrogen-bond donors (Lipinski definition) is 1. The highest BCUT2D eigenvalue weighted by Gasteiger charge is 2.28. The number of nitrogens with two attached hydrogens (primary N) is 1. The molecule has 2 nitrogen and oxygen atoms in total. The summed E-state index contributed by atoms with van der Waals surface area (Å²) in [7, 11) is 0. The molecule has 0 saturated carbocycles. The number of benzene rings is 1. The summed E-state index contributed by atoms with van der Waals surface area (Å²) in [5.74, 6) is 1.61. The Bertz CT molecular complexity index is 409.